The highest BCUT2D eigenvalue weighted by molar-refractivity contribution is 9.11. The van der Waals surface area contributed by atoms with E-state index in [4.69, 9.17) is 4.42 Å². The largest absolute Gasteiger partial charge is 0.465 e. The third kappa shape index (κ3) is 3.87. The molecule has 2 heterocycles. The first kappa shape index (κ1) is 12.1. The first-order valence-corrected chi connectivity index (χ1v) is 6.58. The highest BCUT2D eigenvalue weighted by Gasteiger charge is 2.00. The fraction of sp³-hybridized carbons (Fsp3) is 0.0833. The Hall–Kier alpha value is -1.33. The zero-order valence-corrected chi connectivity index (χ0v) is 11.3. The van der Waals surface area contributed by atoms with E-state index >= 15 is 0 Å². The van der Waals surface area contributed by atoms with Crippen molar-refractivity contribution in [1.82, 2.24) is 5.32 Å². The summed E-state index contributed by atoms with van der Waals surface area (Å²) in [6, 6.07) is 7.51. The van der Waals surface area contributed by atoms with Crippen LogP contribution in [0.25, 0.3) is 6.08 Å². The normalized spacial score (nSPS) is 10.9. The van der Waals surface area contributed by atoms with Gasteiger partial charge in [0.25, 0.3) is 0 Å². The topological polar surface area (TPSA) is 42.2 Å². The number of thiophene rings is 1. The molecule has 1 N–H and O–H groups in total. The molecule has 0 bridgehead atoms. The molecule has 0 atom stereocenters. The molecule has 0 radical (unpaired) electrons. The van der Waals surface area contributed by atoms with Crippen LogP contribution in [0.3, 0.4) is 0 Å². The molecule has 2 aromatic rings. The van der Waals surface area contributed by atoms with Crippen LogP contribution >= 0.6 is 27.3 Å². The first-order chi connectivity index (χ1) is 8.24. The molecule has 0 aromatic carbocycles. The molecule has 2 rings (SSSR count). The maximum atomic E-state index is 11.5. The average molecular weight is 312 g/mol. The van der Waals surface area contributed by atoms with E-state index in [1.165, 1.54) is 6.08 Å². The van der Waals surface area contributed by atoms with Crippen LogP contribution < -0.4 is 5.32 Å². The Morgan fingerprint density at radius 3 is 3.00 bits per heavy atom. The molecule has 2 aromatic heterocycles. The minimum Gasteiger partial charge on any atom is -0.465 e. The van der Waals surface area contributed by atoms with E-state index in [0.29, 0.717) is 12.3 Å². The molecule has 3 nitrogen and oxygen atoms in total. The zero-order valence-electron chi connectivity index (χ0n) is 8.85. The molecule has 0 aliphatic rings. The van der Waals surface area contributed by atoms with E-state index in [-0.39, 0.29) is 5.91 Å². The fourth-order valence-electron chi connectivity index (χ4n) is 1.22. The van der Waals surface area contributed by atoms with E-state index < -0.39 is 0 Å². The van der Waals surface area contributed by atoms with E-state index in [0.717, 1.165) is 8.66 Å². The lowest BCUT2D eigenvalue weighted by Gasteiger charge is -1.98. The van der Waals surface area contributed by atoms with Crippen LogP contribution in [0.2, 0.25) is 0 Å². The highest BCUT2D eigenvalue weighted by atomic mass is 79.9. The van der Waals surface area contributed by atoms with Gasteiger partial charge < -0.3 is 9.73 Å². The number of nitrogens with one attached hydrogen (secondary N) is 1. The summed E-state index contributed by atoms with van der Waals surface area (Å²) in [5.41, 5.74) is 0. The summed E-state index contributed by atoms with van der Waals surface area (Å²) < 4.78 is 6.14. The Morgan fingerprint density at radius 2 is 2.35 bits per heavy atom. The number of furan rings is 1. The molecule has 17 heavy (non-hydrogen) atoms. The Labute approximate surface area is 111 Å². The van der Waals surface area contributed by atoms with E-state index in [9.17, 15) is 4.79 Å². The van der Waals surface area contributed by atoms with E-state index in [2.05, 4.69) is 21.2 Å². The van der Waals surface area contributed by atoms with Crippen molar-refractivity contribution in [3.05, 3.63) is 51.0 Å². The van der Waals surface area contributed by atoms with Crippen LogP contribution in [0.5, 0.6) is 0 Å². The van der Waals surface area contributed by atoms with Gasteiger partial charge in [-0.25, -0.2) is 0 Å². The van der Waals surface area contributed by atoms with Gasteiger partial charge in [-0.15, -0.1) is 11.3 Å². The Kier molecular flexibility index (Phi) is 4.17. The van der Waals surface area contributed by atoms with Gasteiger partial charge in [-0.1, -0.05) is 0 Å². The lowest BCUT2D eigenvalue weighted by molar-refractivity contribution is -0.116. The van der Waals surface area contributed by atoms with Gasteiger partial charge in [-0.05, 0) is 46.3 Å². The molecular formula is C12H10BrNO2S. The van der Waals surface area contributed by atoms with Crippen molar-refractivity contribution in [2.45, 2.75) is 6.54 Å². The van der Waals surface area contributed by atoms with Crippen molar-refractivity contribution in [3.8, 4) is 0 Å². The summed E-state index contributed by atoms with van der Waals surface area (Å²) in [4.78, 5) is 12.6. The highest BCUT2D eigenvalue weighted by Crippen LogP contribution is 2.21. The van der Waals surface area contributed by atoms with Gasteiger partial charge in [-0.3, -0.25) is 4.79 Å². The molecular weight excluding hydrogens is 302 g/mol. The van der Waals surface area contributed by atoms with Gasteiger partial charge in [-0.2, -0.15) is 0 Å². The number of hydrogen-bond donors (Lipinski definition) is 1. The van der Waals surface area contributed by atoms with Crippen LogP contribution in [-0.2, 0) is 11.3 Å². The molecule has 1 amide bonds. The van der Waals surface area contributed by atoms with Crippen LogP contribution in [0.15, 0.2) is 44.8 Å². The second-order valence-corrected chi connectivity index (χ2v) is 5.82. The second-order valence-electron chi connectivity index (χ2n) is 3.27. The number of carbonyl (C=O) groups excluding carboxylic acids is 1. The number of rotatable bonds is 4. The Bertz CT molecular complexity index is 516. The van der Waals surface area contributed by atoms with Gasteiger partial charge >= 0.3 is 0 Å². The summed E-state index contributed by atoms with van der Waals surface area (Å²) in [5, 5.41) is 2.80. The minimum absolute atomic E-state index is 0.133. The lowest BCUT2D eigenvalue weighted by Crippen LogP contribution is -2.19. The molecule has 0 unspecified atom stereocenters. The maximum Gasteiger partial charge on any atom is 0.244 e. The Balaban J connectivity index is 1.82. The van der Waals surface area contributed by atoms with Crippen molar-refractivity contribution in [3.63, 3.8) is 0 Å². The van der Waals surface area contributed by atoms with Gasteiger partial charge in [0.15, 0.2) is 0 Å². The van der Waals surface area contributed by atoms with Crippen molar-refractivity contribution < 1.29 is 9.21 Å². The number of halogens is 1. The van der Waals surface area contributed by atoms with E-state index in [1.54, 1.807) is 35.8 Å². The van der Waals surface area contributed by atoms with Crippen LogP contribution in [-0.4, -0.2) is 5.91 Å². The zero-order chi connectivity index (χ0) is 12.1. The van der Waals surface area contributed by atoms with Crippen molar-refractivity contribution >= 4 is 39.2 Å². The van der Waals surface area contributed by atoms with Gasteiger partial charge in [0.2, 0.25) is 5.91 Å². The predicted molar refractivity (Wildman–Crippen MR) is 71.6 cm³/mol. The first-order valence-electron chi connectivity index (χ1n) is 4.97. The number of hydrogen-bond acceptors (Lipinski definition) is 3. The lowest BCUT2D eigenvalue weighted by atomic mass is 10.4. The molecule has 0 saturated heterocycles. The van der Waals surface area contributed by atoms with Crippen molar-refractivity contribution in [2.75, 3.05) is 0 Å². The smallest absolute Gasteiger partial charge is 0.244 e. The molecule has 0 aliphatic carbocycles. The molecule has 5 heteroatoms. The standard InChI is InChI=1S/C12H10BrNO2S/c13-11-5-4-10(17-11)8-14-12(15)6-3-9-2-1-7-16-9/h1-7H,8H2,(H,14,15)/b6-3+. The quantitative estimate of drug-likeness (QED) is 0.879. The summed E-state index contributed by atoms with van der Waals surface area (Å²) in [6.07, 6.45) is 4.67. The monoisotopic (exact) mass is 311 g/mol. The molecule has 88 valence electrons. The van der Waals surface area contributed by atoms with Gasteiger partial charge in [0.05, 0.1) is 16.6 Å². The second kappa shape index (κ2) is 5.84. The van der Waals surface area contributed by atoms with E-state index in [1.807, 2.05) is 12.1 Å². The summed E-state index contributed by atoms with van der Waals surface area (Å²) >= 11 is 4.98. The average Bonchev–Trinajstić information content (AvgIpc) is 2.95. The third-order valence-corrected chi connectivity index (χ3v) is 3.63. The fourth-order valence-corrected chi connectivity index (χ4v) is 2.65. The third-order valence-electron chi connectivity index (χ3n) is 2.01. The van der Waals surface area contributed by atoms with Gasteiger partial charge in [0, 0.05) is 11.0 Å². The molecule has 0 aliphatic heterocycles. The molecule has 0 spiro atoms. The van der Waals surface area contributed by atoms with Crippen LogP contribution in [0, 0.1) is 0 Å². The minimum atomic E-state index is -0.133. The molecule has 0 fully saturated rings. The van der Waals surface area contributed by atoms with Gasteiger partial charge in [0.1, 0.15) is 5.76 Å². The summed E-state index contributed by atoms with van der Waals surface area (Å²) in [6.45, 7) is 0.539. The SMILES string of the molecule is O=C(/C=C/c1ccco1)NCc1ccc(Br)s1. The van der Waals surface area contributed by atoms with Crippen LogP contribution in [0.1, 0.15) is 10.6 Å². The summed E-state index contributed by atoms with van der Waals surface area (Å²) in [5.74, 6) is 0.532. The van der Waals surface area contributed by atoms with Crippen molar-refractivity contribution in [1.29, 1.82) is 0 Å². The van der Waals surface area contributed by atoms with Crippen molar-refractivity contribution in [2.24, 2.45) is 0 Å². The number of amides is 1. The predicted octanol–water partition coefficient (Wildman–Crippen LogP) is 3.43. The molecule has 0 saturated carbocycles. The Morgan fingerprint density at radius 1 is 1.47 bits per heavy atom. The maximum absolute atomic E-state index is 11.5. The van der Waals surface area contributed by atoms with Crippen LogP contribution in [0.4, 0.5) is 0 Å². The number of carbonyl (C=O) groups is 1. The summed E-state index contributed by atoms with van der Waals surface area (Å²) in [7, 11) is 0.